The van der Waals surface area contributed by atoms with Gasteiger partial charge < -0.3 is 20.2 Å². The molecule has 318 valence electrons. The van der Waals surface area contributed by atoms with Crippen molar-refractivity contribution in [3.05, 3.63) is 76.4 Å². The van der Waals surface area contributed by atoms with Crippen molar-refractivity contribution in [2.45, 2.75) is 95.1 Å². The van der Waals surface area contributed by atoms with Crippen LogP contribution >= 0.6 is 0 Å². The molecule has 1 aliphatic carbocycles. The average molecular weight is 831 g/mol. The number of imidazole rings is 1. The lowest BCUT2D eigenvalue weighted by Crippen LogP contribution is -2.45. The van der Waals surface area contributed by atoms with E-state index in [1.807, 2.05) is 29.1 Å². The highest BCUT2D eigenvalue weighted by atomic mass is 19.4. The highest BCUT2D eigenvalue weighted by molar-refractivity contribution is 6.04. The highest BCUT2D eigenvalue weighted by Gasteiger charge is 2.36. The Morgan fingerprint density at radius 2 is 1.75 bits per heavy atom. The Morgan fingerprint density at radius 1 is 1.02 bits per heavy atom. The van der Waals surface area contributed by atoms with Crippen molar-refractivity contribution in [2.24, 2.45) is 13.0 Å². The summed E-state index contributed by atoms with van der Waals surface area (Å²) in [5, 5.41) is 21.6. The van der Waals surface area contributed by atoms with Crippen molar-refractivity contribution >= 4 is 51.0 Å². The van der Waals surface area contributed by atoms with Gasteiger partial charge in [-0.25, -0.2) is 14.8 Å². The summed E-state index contributed by atoms with van der Waals surface area (Å²) < 4.78 is 44.7. The molecule has 1 unspecified atom stereocenters. The maximum Gasteiger partial charge on any atom is 0.451 e. The molecule has 3 fully saturated rings. The number of nitrogens with zero attached hydrogens (tertiary/aromatic N) is 8. The van der Waals surface area contributed by atoms with Gasteiger partial charge in [0.05, 0.1) is 33.9 Å². The number of hydrogen-bond acceptors (Lipinski definition) is 10. The summed E-state index contributed by atoms with van der Waals surface area (Å²) in [5.41, 5.74) is 1.55. The molecule has 5 heterocycles. The number of halogens is 3. The third kappa shape index (κ3) is 8.01. The van der Waals surface area contributed by atoms with Crippen molar-refractivity contribution in [1.82, 2.24) is 39.1 Å². The predicted octanol–water partition coefficient (Wildman–Crippen LogP) is 5.29. The van der Waals surface area contributed by atoms with E-state index in [2.05, 4.69) is 37.4 Å². The quantitative estimate of drug-likeness (QED) is 0.166. The number of hydrogen-bond donors (Lipinski definition) is 3. The fourth-order valence-corrected chi connectivity index (χ4v) is 9.29. The first-order valence-corrected chi connectivity index (χ1v) is 20.4. The van der Waals surface area contributed by atoms with E-state index >= 15 is 0 Å². The normalized spacial score (nSPS) is 20.9. The first-order valence-electron chi connectivity index (χ1n) is 20.4. The third-order valence-electron chi connectivity index (χ3n) is 12.5. The molecule has 3 aliphatic rings. The molecule has 8 rings (SSSR count). The molecule has 60 heavy (non-hydrogen) atoms. The van der Waals surface area contributed by atoms with Gasteiger partial charge in [0.1, 0.15) is 11.7 Å². The molecule has 2 aliphatic heterocycles. The molecule has 0 spiro atoms. The van der Waals surface area contributed by atoms with Crippen LogP contribution in [0.3, 0.4) is 0 Å². The minimum atomic E-state index is -4.81. The topological polar surface area (TPSA) is 173 Å². The van der Waals surface area contributed by atoms with Gasteiger partial charge in [-0.1, -0.05) is 6.07 Å². The molecular formula is C42H49F3N10O5. The number of piperidine rings is 2. The molecule has 1 saturated carbocycles. The lowest BCUT2D eigenvalue weighted by Gasteiger charge is -2.40. The van der Waals surface area contributed by atoms with Crippen LogP contribution in [-0.4, -0.2) is 89.3 Å². The monoisotopic (exact) mass is 830 g/mol. The van der Waals surface area contributed by atoms with E-state index < -0.39 is 41.2 Å². The number of aryl methyl sites for hydroxylation is 1. The van der Waals surface area contributed by atoms with Crippen LogP contribution < -0.4 is 21.2 Å². The predicted molar refractivity (Wildman–Crippen MR) is 217 cm³/mol. The van der Waals surface area contributed by atoms with Crippen molar-refractivity contribution in [1.29, 1.82) is 0 Å². The van der Waals surface area contributed by atoms with E-state index in [-0.39, 0.29) is 36.2 Å². The number of aliphatic hydroxyl groups is 1. The van der Waals surface area contributed by atoms with Crippen molar-refractivity contribution < 1.29 is 32.7 Å². The van der Waals surface area contributed by atoms with Gasteiger partial charge in [0.25, 0.3) is 5.91 Å². The highest BCUT2D eigenvalue weighted by Crippen LogP contribution is 2.37. The Hall–Kier alpha value is -5.62. The van der Waals surface area contributed by atoms with Crippen LogP contribution in [0.1, 0.15) is 99.2 Å². The fourth-order valence-electron chi connectivity index (χ4n) is 9.29. The van der Waals surface area contributed by atoms with Crippen LogP contribution in [0.25, 0.3) is 21.9 Å². The van der Waals surface area contributed by atoms with E-state index in [1.54, 1.807) is 37.6 Å². The van der Waals surface area contributed by atoms with Gasteiger partial charge in [-0.2, -0.15) is 18.3 Å². The summed E-state index contributed by atoms with van der Waals surface area (Å²) in [5.74, 6) is -2.52. The number of imide groups is 1. The van der Waals surface area contributed by atoms with Crippen LogP contribution in [0.4, 0.5) is 24.5 Å². The average Bonchev–Trinajstić information content (AvgIpc) is 3.74. The zero-order chi connectivity index (χ0) is 42.7. The minimum absolute atomic E-state index is 0.163. The molecule has 5 aromatic rings. The van der Waals surface area contributed by atoms with Crippen molar-refractivity contribution in [3.63, 3.8) is 0 Å². The molecule has 0 bridgehead atoms. The standard InChI is InChI=1S/C42H49F3N10O5/c1-41(2,60)28-21-30-25(20-31(28)47-37(57)29-14-17-46-39(48-29)42(43,44)45)23-54(50-30)27-10-8-24(9-11-27)22-51(3)26-15-18-53(19-16-26)32-6-5-7-33-36(32)52(4)40(59)55(33)34-12-13-35(56)49-38(34)58/h5-7,14,17,20-21,23-24,26-27,34,60H,8-13,15-16,18-19,22H2,1-4H3,(H,47,57)(H,49,56,58)/t24-,27-,34?. The van der Waals surface area contributed by atoms with Crippen molar-refractivity contribution in [3.8, 4) is 0 Å². The third-order valence-corrected chi connectivity index (χ3v) is 12.5. The maximum atomic E-state index is 13.5. The molecule has 2 aromatic carbocycles. The number of rotatable bonds is 9. The number of para-hydroxylation sites is 1. The Balaban J connectivity index is 0.885. The van der Waals surface area contributed by atoms with Gasteiger partial charge in [0.2, 0.25) is 17.6 Å². The van der Waals surface area contributed by atoms with Gasteiger partial charge in [-0.05, 0) is 102 Å². The smallest absolute Gasteiger partial charge is 0.386 e. The lowest BCUT2D eigenvalue weighted by molar-refractivity contribution is -0.145. The second-order valence-electron chi connectivity index (χ2n) is 17.0. The molecular weight excluding hydrogens is 782 g/mol. The SMILES string of the molecule is CN(C[C@H]1CC[C@H](n2cc3cc(NC(=O)c4ccnc(C(F)(F)F)n4)c(C(C)(C)O)cc3n2)CC1)C1CCN(c2cccc3c2n(C)c(=O)n3C2CCC(=O)NC2=O)CC1. The van der Waals surface area contributed by atoms with Crippen LogP contribution in [0.15, 0.2) is 53.6 Å². The molecule has 3 N–H and O–H groups in total. The van der Waals surface area contributed by atoms with Crippen molar-refractivity contribution in [2.75, 3.05) is 36.9 Å². The van der Waals surface area contributed by atoms with Crippen LogP contribution in [0.2, 0.25) is 0 Å². The first kappa shape index (κ1) is 41.1. The van der Waals surface area contributed by atoms with Gasteiger partial charge in [-0.15, -0.1) is 0 Å². The molecule has 3 aromatic heterocycles. The Bertz CT molecular complexity index is 2520. The summed E-state index contributed by atoms with van der Waals surface area (Å²) in [6, 6.07) is 10.2. The van der Waals surface area contributed by atoms with Gasteiger partial charge >= 0.3 is 11.9 Å². The summed E-state index contributed by atoms with van der Waals surface area (Å²) in [6.07, 6.45) is 4.32. The van der Waals surface area contributed by atoms with E-state index in [0.29, 0.717) is 28.6 Å². The zero-order valence-corrected chi connectivity index (χ0v) is 34.0. The number of amides is 3. The number of carbonyl (C=O) groups excluding carboxylic acids is 3. The number of fused-ring (bicyclic) bond motifs is 2. The van der Waals surface area contributed by atoms with E-state index in [1.165, 1.54) is 4.57 Å². The minimum Gasteiger partial charge on any atom is -0.386 e. The fraction of sp³-hybridized carbons (Fsp3) is 0.500. The first-order chi connectivity index (χ1) is 28.5. The van der Waals surface area contributed by atoms with E-state index in [0.717, 1.165) is 87.0 Å². The summed E-state index contributed by atoms with van der Waals surface area (Å²) in [7, 11) is 3.94. The molecule has 15 nitrogen and oxygen atoms in total. The number of nitrogens with one attached hydrogen (secondary N) is 2. The number of anilines is 2. The molecule has 3 amide bonds. The number of alkyl halides is 3. The lowest BCUT2D eigenvalue weighted by atomic mass is 9.85. The van der Waals surface area contributed by atoms with Gasteiger partial charge in [0.15, 0.2) is 0 Å². The van der Waals surface area contributed by atoms with E-state index in [4.69, 9.17) is 5.10 Å². The second-order valence-corrected chi connectivity index (χ2v) is 17.0. The maximum absolute atomic E-state index is 13.5. The van der Waals surface area contributed by atoms with Gasteiger partial charge in [-0.3, -0.25) is 33.5 Å². The molecule has 2 saturated heterocycles. The molecule has 1 atom stereocenters. The zero-order valence-electron chi connectivity index (χ0n) is 34.0. The number of aromatic nitrogens is 6. The molecule has 0 radical (unpaired) electrons. The Morgan fingerprint density at radius 3 is 2.43 bits per heavy atom. The Labute approximate surface area is 343 Å². The molecule has 18 heteroatoms. The largest absolute Gasteiger partial charge is 0.451 e. The van der Waals surface area contributed by atoms with Crippen LogP contribution in [0.5, 0.6) is 0 Å². The summed E-state index contributed by atoms with van der Waals surface area (Å²) >= 11 is 0. The van der Waals surface area contributed by atoms with Crippen LogP contribution in [-0.2, 0) is 28.4 Å². The Kier molecular flexibility index (Phi) is 10.8. The van der Waals surface area contributed by atoms with Gasteiger partial charge in [0, 0.05) is 68.2 Å². The number of carbonyl (C=O) groups is 3. The van der Waals surface area contributed by atoms with E-state index in [9.17, 15) is 37.5 Å². The summed E-state index contributed by atoms with van der Waals surface area (Å²) in [6.45, 7) is 5.75. The second kappa shape index (κ2) is 15.8. The van der Waals surface area contributed by atoms with Crippen LogP contribution in [0, 0.1) is 5.92 Å². The summed E-state index contributed by atoms with van der Waals surface area (Å²) in [4.78, 5) is 62.5. The number of benzene rings is 2.